The number of aromatic nitrogens is 1. The van der Waals surface area contributed by atoms with E-state index in [0.717, 1.165) is 0 Å². The monoisotopic (exact) mass is 249 g/mol. The quantitative estimate of drug-likeness (QED) is 0.662. The van der Waals surface area contributed by atoms with E-state index < -0.39 is 5.97 Å². The fourth-order valence-electron chi connectivity index (χ4n) is 1.63. The molecule has 0 spiro atoms. The lowest BCUT2D eigenvalue weighted by Crippen LogP contribution is -2.36. The highest BCUT2D eigenvalue weighted by Gasteiger charge is 2.23. The fraction of sp³-hybridized carbons (Fsp3) is 0.273. The van der Waals surface area contributed by atoms with Gasteiger partial charge < -0.3 is 15.7 Å². The Hall–Kier alpha value is -2.44. The van der Waals surface area contributed by atoms with Crippen molar-refractivity contribution in [1.82, 2.24) is 15.6 Å². The van der Waals surface area contributed by atoms with Gasteiger partial charge in [0.1, 0.15) is 5.69 Å². The number of hydrogen-bond acceptors (Lipinski definition) is 4. The van der Waals surface area contributed by atoms with Gasteiger partial charge in [0, 0.05) is 19.2 Å². The average molecular weight is 249 g/mol. The van der Waals surface area contributed by atoms with E-state index in [2.05, 4.69) is 15.6 Å². The van der Waals surface area contributed by atoms with Gasteiger partial charge in [-0.2, -0.15) is 0 Å². The molecule has 1 atom stereocenters. The van der Waals surface area contributed by atoms with Crippen molar-refractivity contribution in [2.24, 2.45) is 0 Å². The summed E-state index contributed by atoms with van der Waals surface area (Å²) in [4.78, 5) is 36.9. The number of carbonyl (C=O) groups excluding carboxylic acids is 2. The van der Waals surface area contributed by atoms with Crippen LogP contribution < -0.4 is 10.6 Å². The lowest BCUT2D eigenvalue weighted by Gasteiger charge is -2.09. The molecule has 0 aromatic carbocycles. The van der Waals surface area contributed by atoms with Crippen LogP contribution in [-0.4, -0.2) is 40.5 Å². The predicted octanol–water partition coefficient (Wildman–Crippen LogP) is -0.602. The summed E-state index contributed by atoms with van der Waals surface area (Å²) in [6.07, 6.45) is 1.45. The fourth-order valence-corrected chi connectivity index (χ4v) is 1.63. The van der Waals surface area contributed by atoms with Gasteiger partial charge in [0.25, 0.3) is 5.91 Å². The molecule has 0 radical (unpaired) electrons. The Balaban J connectivity index is 2.00. The molecule has 18 heavy (non-hydrogen) atoms. The van der Waals surface area contributed by atoms with Crippen molar-refractivity contribution < 1.29 is 19.5 Å². The van der Waals surface area contributed by atoms with Gasteiger partial charge in [0.2, 0.25) is 5.91 Å². The van der Waals surface area contributed by atoms with E-state index in [1.165, 1.54) is 18.3 Å². The largest absolute Gasteiger partial charge is 0.477 e. The smallest absolute Gasteiger partial charge is 0.354 e. The minimum Gasteiger partial charge on any atom is -0.477 e. The zero-order chi connectivity index (χ0) is 13.1. The molecule has 3 N–H and O–H groups in total. The van der Waals surface area contributed by atoms with Crippen LogP contribution in [0.15, 0.2) is 18.3 Å². The van der Waals surface area contributed by atoms with Crippen LogP contribution in [0.5, 0.6) is 0 Å². The molecule has 2 heterocycles. The number of aromatic carboxylic acids is 1. The molecular weight excluding hydrogens is 238 g/mol. The van der Waals surface area contributed by atoms with E-state index in [1.54, 1.807) is 0 Å². The number of amides is 2. The Kier molecular flexibility index (Phi) is 3.22. The maximum Gasteiger partial charge on any atom is 0.354 e. The number of carboxylic acids is 1. The maximum absolute atomic E-state index is 11.8. The molecule has 2 amide bonds. The number of nitrogens with zero attached hydrogens (tertiary/aromatic N) is 1. The molecule has 1 aliphatic rings. The maximum atomic E-state index is 11.8. The Morgan fingerprint density at radius 1 is 1.44 bits per heavy atom. The Bertz CT molecular complexity index is 498. The van der Waals surface area contributed by atoms with Crippen LogP contribution in [-0.2, 0) is 4.79 Å². The van der Waals surface area contributed by atoms with Crippen molar-refractivity contribution in [2.45, 2.75) is 12.5 Å². The minimum absolute atomic E-state index is 0.0975. The van der Waals surface area contributed by atoms with E-state index >= 15 is 0 Å². The van der Waals surface area contributed by atoms with E-state index in [9.17, 15) is 14.4 Å². The molecule has 7 heteroatoms. The summed E-state index contributed by atoms with van der Waals surface area (Å²) in [7, 11) is 0. The van der Waals surface area contributed by atoms with Crippen LogP contribution >= 0.6 is 0 Å². The normalized spacial score (nSPS) is 18.2. The van der Waals surface area contributed by atoms with Gasteiger partial charge in [-0.05, 0) is 12.1 Å². The van der Waals surface area contributed by atoms with Gasteiger partial charge >= 0.3 is 5.97 Å². The van der Waals surface area contributed by atoms with Crippen LogP contribution in [0.2, 0.25) is 0 Å². The van der Waals surface area contributed by atoms with Crippen LogP contribution in [0.25, 0.3) is 0 Å². The summed E-state index contributed by atoms with van der Waals surface area (Å²) in [5.41, 5.74) is 0.142. The van der Waals surface area contributed by atoms with Gasteiger partial charge in [-0.3, -0.25) is 9.59 Å². The molecule has 1 fully saturated rings. The summed E-state index contributed by atoms with van der Waals surface area (Å²) in [6.45, 7) is 0.408. The van der Waals surface area contributed by atoms with E-state index in [4.69, 9.17) is 5.11 Å². The lowest BCUT2D eigenvalue weighted by atomic mass is 10.2. The number of rotatable bonds is 3. The molecule has 94 valence electrons. The second-order valence-corrected chi connectivity index (χ2v) is 3.92. The van der Waals surface area contributed by atoms with Crippen molar-refractivity contribution in [2.75, 3.05) is 6.54 Å². The van der Waals surface area contributed by atoms with Crippen LogP contribution in [0, 0.1) is 0 Å². The van der Waals surface area contributed by atoms with Gasteiger partial charge in [-0.25, -0.2) is 9.78 Å². The van der Waals surface area contributed by atoms with Crippen molar-refractivity contribution in [3.63, 3.8) is 0 Å². The van der Waals surface area contributed by atoms with Crippen molar-refractivity contribution in [1.29, 1.82) is 0 Å². The highest BCUT2D eigenvalue weighted by Crippen LogP contribution is 2.04. The van der Waals surface area contributed by atoms with Crippen molar-refractivity contribution >= 4 is 17.8 Å². The summed E-state index contributed by atoms with van der Waals surface area (Å²) in [5.74, 6) is -1.62. The van der Waals surface area contributed by atoms with Crippen molar-refractivity contribution in [3.8, 4) is 0 Å². The third-order valence-electron chi connectivity index (χ3n) is 2.56. The molecule has 0 saturated carbocycles. The van der Waals surface area contributed by atoms with Crippen molar-refractivity contribution in [3.05, 3.63) is 29.6 Å². The number of hydrogen-bond donors (Lipinski definition) is 3. The number of nitrogens with one attached hydrogen (secondary N) is 2. The van der Waals surface area contributed by atoms with E-state index in [-0.39, 0.29) is 35.5 Å². The molecule has 7 nitrogen and oxygen atoms in total. The SMILES string of the molecule is O=C1CC(NC(=O)c2ccc(C(=O)O)nc2)CN1. The van der Waals surface area contributed by atoms with Gasteiger partial charge in [-0.1, -0.05) is 0 Å². The Morgan fingerprint density at radius 2 is 2.22 bits per heavy atom. The molecule has 1 saturated heterocycles. The van der Waals surface area contributed by atoms with Crippen LogP contribution in [0.3, 0.4) is 0 Å². The molecule has 1 aromatic rings. The molecule has 0 aliphatic carbocycles. The summed E-state index contributed by atoms with van der Waals surface area (Å²) in [6, 6.07) is 2.41. The number of pyridine rings is 1. The first kappa shape index (κ1) is 12.0. The molecule has 2 rings (SSSR count). The van der Waals surface area contributed by atoms with E-state index in [0.29, 0.717) is 6.54 Å². The molecule has 1 aromatic heterocycles. The second-order valence-electron chi connectivity index (χ2n) is 3.92. The van der Waals surface area contributed by atoms with Gasteiger partial charge in [0.05, 0.1) is 11.6 Å². The summed E-state index contributed by atoms with van der Waals surface area (Å²) >= 11 is 0. The standard InChI is InChI=1S/C11H11N3O4/c15-9-3-7(5-13-9)14-10(16)6-1-2-8(11(17)18)12-4-6/h1-2,4,7H,3,5H2,(H,13,15)(H,14,16)(H,17,18). The minimum atomic E-state index is -1.15. The topological polar surface area (TPSA) is 108 Å². The van der Waals surface area contributed by atoms with Gasteiger partial charge in [0.15, 0.2) is 0 Å². The number of carbonyl (C=O) groups is 3. The number of carboxylic acid groups (broad SMARTS) is 1. The van der Waals surface area contributed by atoms with Gasteiger partial charge in [-0.15, -0.1) is 0 Å². The third kappa shape index (κ3) is 2.62. The molecule has 1 aliphatic heterocycles. The highest BCUT2D eigenvalue weighted by atomic mass is 16.4. The average Bonchev–Trinajstić information content (AvgIpc) is 2.75. The zero-order valence-electron chi connectivity index (χ0n) is 9.34. The van der Waals surface area contributed by atoms with Crippen LogP contribution in [0.4, 0.5) is 0 Å². The molecule has 1 unspecified atom stereocenters. The first-order valence-corrected chi connectivity index (χ1v) is 5.33. The third-order valence-corrected chi connectivity index (χ3v) is 2.56. The Labute approximate surface area is 102 Å². The summed E-state index contributed by atoms with van der Waals surface area (Å²) in [5, 5.41) is 13.9. The first-order chi connectivity index (χ1) is 8.56. The molecule has 0 bridgehead atoms. The first-order valence-electron chi connectivity index (χ1n) is 5.33. The molecular formula is C11H11N3O4. The lowest BCUT2D eigenvalue weighted by molar-refractivity contribution is -0.119. The second kappa shape index (κ2) is 4.82. The summed E-state index contributed by atoms with van der Waals surface area (Å²) < 4.78 is 0. The van der Waals surface area contributed by atoms with E-state index in [1.807, 2.05) is 0 Å². The zero-order valence-corrected chi connectivity index (χ0v) is 9.34. The predicted molar refractivity (Wildman–Crippen MR) is 60.1 cm³/mol. The Morgan fingerprint density at radius 3 is 2.72 bits per heavy atom. The van der Waals surface area contributed by atoms with Crippen LogP contribution in [0.1, 0.15) is 27.3 Å². The highest BCUT2D eigenvalue weighted by molar-refractivity contribution is 5.95.